The van der Waals surface area contributed by atoms with Crippen LogP contribution in [0.5, 0.6) is 0 Å². The first kappa shape index (κ1) is 11.9. The molecule has 72 valence electrons. The molecule has 0 aliphatic carbocycles. The molecule has 0 fully saturated rings. The number of aliphatic hydroxyl groups excluding tert-OH is 3. The lowest BCUT2D eigenvalue weighted by Gasteiger charge is -2.23. The Morgan fingerprint density at radius 3 is 2.33 bits per heavy atom. The van der Waals surface area contributed by atoms with Crippen molar-refractivity contribution >= 4 is 18.9 Å². The Bertz CT molecular complexity index is 146. The first-order valence-electron chi connectivity index (χ1n) is 3.40. The number of aldehydes is 1. The highest BCUT2D eigenvalue weighted by molar-refractivity contribution is 7.81. The maximum Gasteiger partial charge on any atom is 0.139 e. The van der Waals surface area contributed by atoms with Gasteiger partial charge in [0.1, 0.15) is 6.29 Å². The molecule has 0 saturated carbocycles. The molecule has 0 amide bonds. The first-order valence-corrected chi connectivity index (χ1v) is 3.92. The molecule has 4 atom stereocenters. The van der Waals surface area contributed by atoms with Crippen molar-refractivity contribution in [1.29, 1.82) is 0 Å². The standard InChI is InChI=1S/C6H13NO4S/c7-3(1-8)5(11)6(12)4(10)2-9/h1,3-6,9-12H,2,7H2/t3-,4+,5+,6+/m0/s1. The zero-order valence-electron chi connectivity index (χ0n) is 6.37. The summed E-state index contributed by atoms with van der Waals surface area (Å²) in [6.45, 7) is -0.531. The molecule has 0 rings (SSSR count). The van der Waals surface area contributed by atoms with Gasteiger partial charge >= 0.3 is 0 Å². The fourth-order valence-corrected chi connectivity index (χ4v) is 0.937. The molecular weight excluding hydrogens is 182 g/mol. The second-order valence-corrected chi connectivity index (χ2v) is 3.04. The number of hydrogen-bond acceptors (Lipinski definition) is 6. The average molecular weight is 195 g/mol. The molecule has 12 heavy (non-hydrogen) atoms. The summed E-state index contributed by atoms with van der Waals surface area (Å²) in [6, 6.07) is -1.09. The zero-order chi connectivity index (χ0) is 9.72. The summed E-state index contributed by atoms with van der Waals surface area (Å²) in [6.07, 6.45) is -2.08. The summed E-state index contributed by atoms with van der Waals surface area (Å²) in [5.74, 6) is 0. The Labute approximate surface area is 75.6 Å². The second-order valence-electron chi connectivity index (χ2n) is 2.44. The molecule has 0 aromatic carbocycles. The van der Waals surface area contributed by atoms with Gasteiger partial charge in [-0.1, -0.05) is 0 Å². The van der Waals surface area contributed by atoms with Gasteiger partial charge in [0.2, 0.25) is 0 Å². The Morgan fingerprint density at radius 1 is 1.50 bits per heavy atom. The van der Waals surface area contributed by atoms with Crippen LogP contribution in [0.1, 0.15) is 0 Å². The lowest BCUT2D eigenvalue weighted by Crippen LogP contribution is -2.47. The van der Waals surface area contributed by atoms with Crippen LogP contribution in [0.3, 0.4) is 0 Å². The lowest BCUT2D eigenvalue weighted by atomic mass is 10.1. The molecule has 6 heteroatoms. The largest absolute Gasteiger partial charge is 0.394 e. The van der Waals surface area contributed by atoms with E-state index in [-0.39, 0.29) is 0 Å². The van der Waals surface area contributed by atoms with Crippen LogP contribution >= 0.6 is 12.6 Å². The summed E-state index contributed by atoms with van der Waals surface area (Å²) in [4.78, 5) is 10.1. The highest BCUT2D eigenvalue weighted by Gasteiger charge is 2.27. The van der Waals surface area contributed by atoms with Crippen molar-refractivity contribution in [2.24, 2.45) is 5.73 Å². The van der Waals surface area contributed by atoms with E-state index in [9.17, 15) is 9.90 Å². The number of aliphatic hydroxyl groups is 3. The van der Waals surface area contributed by atoms with E-state index < -0.39 is 30.1 Å². The molecule has 0 aliphatic heterocycles. The Balaban J connectivity index is 4.07. The molecule has 0 saturated heterocycles. The van der Waals surface area contributed by atoms with E-state index in [0.29, 0.717) is 6.29 Å². The fraction of sp³-hybridized carbons (Fsp3) is 0.833. The second kappa shape index (κ2) is 5.50. The predicted octanol–water partition coefficient (Wildman–Crippen LogP) is -2.47. The molecule has 5 N–H and O–H groups in total. The minimum absolute atomic E-state index is 0.359. The van der Waals surface area contributed by atoms with E-state index in [4.69, 9.17) is 15.9 Å². The van der Waals surface area contributed by atoms with Gasteiger partial charge in [-0.3, -0.25) is 0 Å². The maximum absolute atomic E-state index is 10.1. The van der Waals surface area contributed by atoms with Gasteiger partial charge in [0.05, 0.1) is 30.1 Å². The normalized spacial score (nSPS) is 21.1. The number of carbonyl (C=O) groups excluding carboxylic acids is 1. The number of hydrogen-bond donors (Lipinski definition) is 5. The van der Waals surface area contributed by atoms with E-state index in [1.807, 2.05) is 0 Å². The summed E-state index contributed by atoms with van der Waals surface area (Å²) in [5.41, 5.74) is 5.15. The van der Waals surface area contributed by atoms with Gasteiger partial charge in [-0.25, -0.2) is 0 Å². The van der Waals surface area contributed by atoms with Crippen LogP contribution in [0.25, 0.3) is 0 Å². The molecule has 0 aromatic heterocycles. The summed E-state index contributed by atoms with van der Waals surface area (Å²) >= 11 is 3.79. The van der Waals surface area contributed by atoms with Gasteiger partial charge in [0.25, 0.3) is 0 Å². The molecular formula is C6H13NO4S. The minimum Gasteiger partial charge on any atom is -0.394 e. The first-order chi connectivity index (χ1) is 5.54. The van der Waals surface area contributed by atoms with Gasteiger partial charge in [-0.2, -0.15) is 12.6 Å². The number of rotatable bonds is 5. The molecule has 0 unspecified atom stereocenters. The zero-order valence-corrected chi connectivity index (χ0v) is 7.26. The van der Waals surface area contributed by atoms with Crippen LogP contribution in [-0.2, 0) is 4.79 Å². The third kappa shape index (κ3) is 3.08. The summed E-state index contributed by atoms with van der Waals surface area (Å²) in [5, 5.41) is 25.7. The van der Waals surface area contributed by atoms with Crippen molar-refractivity contribution in [2.45, 2.75) is 23.5 Å². The van der Waals surface area contributed by atoms with E-state index in [2.05, 4.69) is 12.6 Å². The van der Waals surface area contributed by atoms with Crippen LogP contribution < -0.4 is 5.73 Å². The molecule has 0 heterocycles. The van der Waals surface area contributed by atoms with Crippen molar-refractivity contribution in [3.05, 3.63) is 0 Å². The van der Waals surface area contributed by atoms with E-state index >= 15 is 0 Å². The van der Waals surface area contributed by atoms with Crippen molar-refractivity contribution < 1.29 is 20.1 Å². The smallest absolute Gasteiger partial charge is 0.139 e. The molecule has 5 nitrogen and oxygen atoms in total. The van der Waals surface area contributed by atoms with Crippen LogP contribution in [0, 0.1) is 0 Å². The Morgan fingerprint density at radius 2 is 2.00 bits per heavy atom. The number of carbonyl (C=O) groups is 1. The van der Waals surface area contributed by atoms with Gasteiger partial charge < -0.3 is 25.8 Å². The van der Waals surface area contributed by atoms with E-state index in [1.54, 1.807) is 0 Å². The van der Waals surface area contributed by atoms with Crippen LogP contribution in [0.4, 0.5) is 0 Å². The monoisotopic (exact) mass is 195 g/mol. The quantitative estimate of drug-likeness (QED) is 0.247. The van der Waals surface area contributed by atoms with Crippen LogP contribution in [0.2, 0.25) is 0 Å². The highest BCUT2D eigenvalue weighted by Crippen LogP contribution is 2.09. The summed E-state index contributed by atoms with van der Waals surface area (Å²) in [7, 11) is 0. The van der Waals surface area contributed by atoms with E-state index in [0.717, 1.165) is 0 Å². The molecule has 0 bridgehead atoms. The topological polar surface area (TPSA) is 104 Å². The Kier molecular flexibility index (Phi) is 5.43. The SMILES string of the molecule is N[C@@H](C=O)[C@@H](O)[C@H](S)[C@H](O)CO. The third-order valence-electron chi connectivity index (χ3n) is 1.48. The molecule has 0 aliphatic rings. The number of thiol groups is 1. The highest BCUT2D eigenvalue weighted by atomic mass is 32.1. The number of nitrogens with two attached hydrogens (primary N) is 1. The average Bonchev–Trinajstić information content (AvgIpc) is 2.12. The summed E-state index contributed by atoms with van der Waals surface area (Å²) < 4.78 is 0. The Hall–Kier alpha value is -0.140. The van der Waals surface area contributed by atoms with Gasteiger partial charge in [-0.15, -0.1) is 0 Å². The van der Waals surface area contributed by atoms with Crippen LogP contribution in [0.15, 0.2) is 0 Å². The molecule has 0 radical (unpaired) electrons. The lowest BCUT2D eigenvalue weighted by molar-refractivity contribution is -0.111. The maximum atomic E-state index is 10.1. The van der Waals surface area contributed by atoms with E-state index in [1.165, 1.54) is 0 Å². The van der Waals surface area contributed by atoms with Crippen molar-refractivity contribution in [3.63, 3.8) is 0 Å². The molecule has 0 spiro atoms. The van der Waals surface area contributed by atoms with Crippen molar-refractivity contribution in [1.82, 2.24) is 0 Å². The van der Waals surface area contributed by atoms with Gasteiger partial charge in [0, 0.05) is 0 Å². The minimum atomic E-state index is -1.26. The molecule has 0 aromatic rings. The van der Waals surface area contributed by atoms with Crippen LogP contribution in [-0.4, -0.2) is 51.7 Å². The predicted molar refractivity (Wildman–Crippen MR) is 45.9 cm³/mol. The van der Waals surface area contributed by atoms with Gasteiger partial charge in [0.15, 0.2) is 0 Å². The van der Waals surface area contributed by atoms with Crippen molar-refractivity contribution in [3.8, 4) is 0 Å². The fourth-order valence-electron chi connectivity index (χ4n) is 0.644. The third-order valence-corrected chi connectivity index (χ3v) is 2.13. The van der Waals surface area contributed by atoms with Crippen molar-refractivity contribution in [2.75, 3.05) is 6.61 Å². The van der Waals surface area contributed by atoms with Gasteiger partial charge in [-0.05, 0) is 0 Å².